The molecule has 2 atom stereocenters. The number of likely N-dealkylation sites (tertiary alicyclic amines) is 2. The first-order valence-corrected chi connectivity index (χ1v) is 10.2. The van der Waals surface area contributed by atoms with Crippen molar-refractivity contribution >= 4 is 23.2 Å². The molecule has 6 nitrogen and oxygen atoms in total. The molecule has 0 saturated carbocycles. The molecular formula is C19H24N4O2S. The molecule has 0 aliphatic carbocycles. The SMILES string of the molecule is O=C(Cn1cccn1)N1CC[C@H]2[C@H](CCC(=O)N2CCc2cccs2)C1. The molecule has 0 N–H and O–H groups in total. The first-order valence-electron chi connectivity index (χ1n) is 9.28. The first kappa shape index (κ1) is 17.3. The van der Waals surface area contributed by atoms with Crippen LogP contribution in [0.2, 0.25) is 0 Å². The van der Waals surface area contributed by atoms with Gasteiger partial charge in [0.2, 0.25) is 11.8 Å². The van der Waals surface area contributed by atoms with E-state index in [9.17, 15) is 9.59 Å². The molecule has 2 saturated heterocycles. The largest absolute Gasteiger partial charge is 0.341 e. The molecule has 2 amide bonds. The lowest BCUT2D eigenvalue weighted by atomic mass is 9.83. The van der Waals surface area contributed by atoms with E-state index in [0.29, 0.717) is 18.9 Å². The van der Waals surface area contributed by atoms with Crippen LogP contribution >= 0.6 is 11.3 Å². The Bertz CT molecular complexity index is 744. The molecule has 4 heterocycles. The van der Waals surface area contributed by atoms with Gasteiger partial charge in [-0.2, -0.15) is 5.10 Å². The predicted molar refractivity (Wildman–Crippen MR) is 99.7 cm³/mol. The van der Waals surface area contributed by atoms with Crippen LogP contribution in [0.15, 0.2) is 36.0 Å². The lowest BCUT2D eigenvalue weighted by Gasteiger charge is -2.47. The number of amides is 2. The summed E-state index contributed by atoms with van der Waals surface area (Å²) in [7, 11) is 0. The van der Waals surface area contributed by atoms with E-state index in [1.165, 1.54) is 4.88 Å². The monoisotopic (exact) mass is 372 g/mol. The molecule has 0 unspecified atom stereocenters. The van der Waals surface area contributed by atoms with Crippen molar-refractivity contribution in [1.29, 1.82) is 0 Å². The van der Waals surface area contributed by atoms with Crippen molar-refractivity contribution in [3.8, 4) is 0 Å². The number of hydrogen-bond acceptors (Lipinski definition) is 4. The number of thiophene rings is 1. The zero-order chi connectivity index (χ0) is 17.9. The molecule has 2 aliphatic rings. The summed E-state index contributed by atoms with van der Waals surface area (Å²) < 4.78 is 1.67. The number of hydrogen-bond donors (Lipinski definition) is 0. The maximum Gasteiger partial charge on any atom is 0.244 e. The molecular weight excluding hydrogens is 348 g/mol. The molecule has 4 rings (SSSR count). The number of piperidine rings is 2. The Morgan fingerprint density at radius 2 is 2.23 bits per heavy atom. The molecule has 2 fully saturated rings. The molecule has 2 aromatic rings. The van der Waals surface area contributed by atoms with Gasteiger partial charge in [-0.05, 0) is 42.7 Å². The van der Waals surface area contributed by atoms with Gasteiger partial charge in [-0.3, -0.25) is 14.3 Å². The van der Waals surface area contributed by atoms with Gasteiger partial charge in [-0.25, -0.2) is 0 Å². The van der Waals surface area contributed by atoms with E-state index < -0.39 is 0 Å². The average Bonchev–Trinajstić information content (AvgIpc) is 3.34. The van der Waals surface area contributed by atoms with Crippen LogP contribution in [0.3, 0.4) is 0 Å². The summed E-state index contributed by atoms with van der Waals surface area (Å²) in [4.78, 5) is 30.4. The molecule has 0 radical (unpaired) electrons. The zero-order valence-electron chi connectivity index (χ0n) is 14.8. The maximum atomic E-state index is 12.6. The molecule has 2 aromatic heterocycles. The highest BCUT2D eigenvalue weighted by atomic mass is 32.1. The molecule has 26 heavy (non-hydrogen) atoms. The van der Waals surface area contributed by atoms with E-state index in [0.717, 1.165) is 38.9 Å². The van der Waals surface area contributed by atoms with Crippen molar-refractivity contribution in [2.75, 3.05) is 19.6 Å². The Kier molecular flexibility index (Phi) is 5.06. The van der Waals surface area contributed by atoms with E-state index in [4.69, 9.17) is 0 Å². The second kappa shape index (κ2) is 7.61. The van der Waals surface area contributed by atoms with Crippen LogP contribution in [0.5, 0.6) is 0 Å². The minimum Gasteiger partial charge on any atom is -0.341 e. The Balaban J connectivity index is 1.37. The van der Waals surface area contributed by atoms with Gasteiger partial charge in [0.25, 0.3) is 0 Å². The van der Waals surface area contributed by atoms with Gasteiger partial charge in [-0.1, -0.05) is 6.07 Å². The number of fused-ring (bicyclic) bond motifs is 1. The summed E-state index contributed by atoms with van der Waals surface area (Å²) in [5.41, 5.74) is 0. The van der Waals surface area contributed by atoms with E-state index in [-0.39, 0.29) is 17.9 Å². The van der Waals surface area contributed by atoms with Crippen molar-refractivity contribution < 1.29 is 9.59 Å². The fourth-order valence-electron chi connectivity index (χ4n) is 4.19. The second-order valence-electron chi connectivity index (χ2n) is 7.11. The topological polar surface area (TPSA) is 58.4 Å². The van der Waals surface area contributed by atoms with E-state index in [1.54, 1.807) is 22.2 Å². The van der Waals surface area contributed by atoms with Crippen LogP contribution in [0.1, 0.15) is 24.1 Å². The minimum absolute atomic E-state index is 0.120. The van der Waals surface area contributed by atoms with Gasteiger partial charge in [0.1, 0.15) is 6.54 Å². The normalized spacial score (nSPS) is 23.2. The van der Waals surface area contributed by atoms with E-state index in [2.05, 4.69) is 27.5 Å². The Hall–Kier alpha value is -2.15. The number of carbonyl (C=O) groups excluding carboxylic acids is 2. The zero-order valence-corrected chi connectivity index (χ0v) is 15.6. The van der Waals surface area contributed by atoms with Gasteiger partial charge < -0.3 is 9.80 Å². The highest BCUT2D eigenvalue weighted by Crippen LogP contribution is 2.31. The Labute approximate surface area is 157 Å². The van der Waals surface area contributed by atoms with Crippen LogP contribution in [-0.4, -0.2) is 57.1 Å². The fourth-order valence-corrected chi connectivity index (χ4v) is 4.88. The third-order valence-corrected chi connectivity index (χ3v) is 6.47. The van der Waals surface area contributed by atoms with Gasteiger partial charge in [0.15, 0.2) is 0 Å². The van der Waals surface area contributed by atoms with Gasteiger partial charge in [-0.15, -0.1) is 11.3 Å². The van der Waals surface area contributed by atoms with Crippen LogP contribution in [-0.2, 0) is 22.6 Å². The highest BCUT2D eigenvalue weighted by Gasteiger charge is 2.40. The second-order valence-corrected chi connectivity index (χ2v) is 8.15. The third kappa shape index (κ3) is 3.67. The molecule has 0 bridgehead atoms. The molecule has 0 spiro atoms. The summed E-state index contributed by atoms with van der Waals surface area (Å²) in [5.74, 6) is 0.791. The number of aromatic nitrogens is 2. The Morgan fingerprint density at radius 3 is 3.00 bits per heavy atom. The predicted octanol–water partition coefficient (Wildman–Crippen LogP) is 2.03. The number of rotatable bonds is 5. The molecule has 2 aliphatic heterocycles. The fraction of sp³-hybridized carbons (Fsp3) is 0.526. The average molecular weight is 372 g/mol. The summed E-state index contributed by atoms with van der Waals surface area (Å²) in [6, 6.07) is 6.31. The molecule has 138 valence electrons. The smallest absolute Gasteiger partial charge is 0.244 e. The van der Waals surface area contributed by atoms with Crippen molar-refractivity contribution in [1.82, 2.24) is 19.6 Å². The van der Waals surface area contributed by atoms with Crippen LogP contribution < -0.4 is 0 Å². The Morgan fingerprint density at radius 1 is 1.31 bits per heavy atom. The lowest BCUT2D eigenvalue weighted by molar-refractivity contribution is -0.144. The first-order chi connectivity index (χ1) is 12.7. The summed E-state index contributed by atoms with van der Waals surface area (Å²) in [6.07, 6.45) is 6.81. The summed E-state index contributed by atoms with van der Waals surface area (Å²) >= 11 is 1.75. The molecule has 0 aromatic carbocycles. The van der Waals surface area contributed by atoms with Gasteiger partial charge in [0, 0.05) is 49.4 Å². The van der Waals surface area contributed by atoms with Gasteiger partial charge in [0.05, 0.1) is 0 Å². The minimum atomic E-state index is 0.120. The van der Waals surface area contributed by atoms with Crippen molar-refractivity contribution in [3.05, 3.63) is 40.8 Å². The van der Waals surface area contributed by atoms with E-state index >= 15 is 0 Å². The highest BCUT2D eigenvalue weighted by molar-refractivity contribution is 7.09. The van der Waals surface area contributed by atoms with Crippen LogP contribution in [0.25, 0.3) is 0 Å². The van der Waals surface area contributed by atoms with Crippen molar-refractivity contribution in [2.45, 2.75) is 38.3 Å². The lowest BCUT2D eigenvalue weighted by Crippen LogP contribution is -2.57. The third-order valence-electron chi connectivity index (χ3n) is 5.53. The quantitative estimate of drug-likeness (QED) is 0.807. The van der Waals surface area contributed by atoms with Crippen LogP contribution in [0.4, 0.5) is 0 Å². The maximum absolute atomic E-state index is 12.6. The standard InChI is InChI=1S/C19H24N4O2S/c24-18-5-4-15-13-21(19(25)14-22-9-2-8-20-22)10-7-17(15)23(18)11-6-16-3-1-12-26-16/h1-3,8-9,12,15,17H,4-7,10-11,13-14H2/t15-,17+/m1/s1. The van der Waals surface area contributed by atoms with Crippen LogP contribution in [0, 0.1) is 5.92 Å². The van der Waals surface area contributed by atoms with Gasteiger partial charge >= 0.3 is 0 Å². The van der Waals surface area contributed by atoms with Crippen molar-refractivity contribution in [2.24, 2.45) is 5.92 Å². The van der Waals surface area contributed by atoms with E-state index in [1.807, 2.05) is 17.2 Å². The number of nitrogens with zero attached hydrogens (tertiary/aromatic N) is 4. The number of carbonyl (C=O) groups is 2. The molecule has 7 heteroatoms. The van der Waals surface area contributed by atoms with Crippen molar-refractivity contribution in [3.63, 3.8) is 0 Å². The summed E-state index contributed by atoms with van der Waals surface area (Å²) in [6.45, 7) is 2.57. The summed E-state index contributed by atoms with van der Waals surface area (Å²) in [5, 5.41) is 6.20.